The van der Waals surface area contributed by atoms with E-state index in [1.165, 1.54) is 18.3 Å². The zero-order valence-electron chi connectivity index (χ0n) is 8.13. The van der Waals surface area contributed by atoms with Gasteiger partial charge in [0.15, 0.2) is 0 Å². The van der Waals surface area contributed by atoms with Crippen molar-refractivity contribution in [1.82, 2.24) is 4.98 Å². The molecule has 0 unspecified atom stereocenters. The van der Waals surface area contributed by atoms with Gasteiger partial charge in [0.25, 0.3) is 5.69 Å². The van der Waals surface area contributed by atoms with Crippen LogP contribution < -0.4 is 0 Å². The van der Waals surface area contributed by atoms with E-state index in [9.17, 15) is 10.1 Å². The van der Waals surface area contributed by atoms with Crippen LogP contribution in [0.2, 0.25) is 5.02 Å². The lowest BCUT2D eigenvalue weighted by Crippen LogP contribution is -1.87. The van der Waals surface area contributed by atoms with E-state index < -0.39 is 4.92 Å². The first-order valence-corrected chi connectivity index (χ1v) is 4.90. The van der Waals surface area contributed by atoms with Crippen LogP contribution in [0.1, 0.15) is 0 Å². The number of non-ortho nitro benzene ring substituents is 1. The van der Waals surface area contributed by atoms with Gasteiger partial charge in [0.1, 0.15) is 0 Å². The molecular formula is C11H7ClN2O2. The minimum Gasteiger partial charge on any atom is -0.263 e. The van der Waals surface area contributed by atoms with Crippen LogP contribution in [0.3, 0.4) is 0 Å². The van der Waals surface area contributed by atoms with Gasteiger partial charge in [-0.15, -0.1) is 0 Å². The minimum absolute atomic E-state index is 0.0638. The van der Waals surface area contributed by atoms with Crippen molar-refractivity contribution in [3.8, 4) is 11.1 Å². The Morgan fingerprint density at radius 2 is 1.88 bits per heavy atom. The van der Waals surface area contributed by atoms with Crippen LogP contribution in [-0.2, 0) is 0 Å². The Morgan fingerprint density at radius 3 is 2.44 bits per heavy atom. The van der Waals surface area contributed by atoms with Crippen LogP contribution in [0.25, 0.3) is 11.1 Å². The monoisotopic (exact) mass is 234 g/mol. The van der Waals surface area contributed by atoms with Gasteiger partial charge in [-0.2, -0.15) is 0 Å². The van der Waals surface area contributed by atoms with Crippen molar-refractivity contribution in [2.75, 3.05) is 0 Å². The molecule has 0 aliphatic carbocycles. The molecule has 0 amide bonds. The second-order valence-corrected chi connectivity index (χ2v) is 3.57. The van der Waals surface area contributed by atoms with Gasteiger partial charge < -0.3 is 0 Å². The summed E-state index contributed by atoms with van der Waals surface area (Å²) in [6.45, 7) is 0. The van der Waals surface area contributed by atoms with E-state index in [4.69, 9.17) is 11.6 Å². The van der Waals surface area contributed by atoms with Gasteiger partial charge in [-0.25, -0.2) is 0 Å². The molecule has 1 aromatic heterocycles. The maximum atomic E-state index is 10.5. The first-order chi connectivity index (χ1) is 7.68. The summed E-state index contributed by atoms with van der Waals surface area (Å²) in [5, 5.41) is 11.0. The fraction of sp³-hybridized carbons (Fsp3) is 0. The third-order valence-corrected chi connectivity index (χ3v) is 2.46. The van der Waals surface area contributed by atoms with Crippen LogP contribution in [0.15, 0.2) is 42.7 Å². The van der Waals surface area contributed by atoms with Crippen molar-refractivity contribution in [3.63, 3.8) is 0 Å². The molecule has 16 heavy (non-hydrogen) atoms. The molecule has 80 valence electrons. The normalized spacial score (nSPS) is 10.1. The van der Waals surface area contributed by atoms with Crippen LogP contribution in [0, 0.1) is 10.1 Å². The molecule has 0 saturated heterocycles. The second-order valence-electron chi connectivity index (χ2n) is 3.16. The van der Waals surface area contributed by atoms with Crippen molar-refractivity contribution < 1.29 is 4.92 Å². The first-order valence-electron chi connectivity index (χ1n) is 4.53. The summed E-state index contributed by atoms with van der Waals surface area (Å²) in [5.74, 6) is 0. The molecule has 5 heteroatoms. The number of halogens is 1. The molecule has 0 saturated carbocycles. The SMILES string of the molecule is O=[N+]([O-])c1ccc(-c2ccncc2Cl)cc1. The predicted molar refractivity (Wildman–Crippen MR) is 61.3 cm³/mol. The lowest BCUT2D eigenvalue weighted by atomic mass is 10.1. The molecule has 0 N–H and O–H groups in total. The zero-order valence-corrected chi connectivity index (χ0v) is 8.89. The van der Waals surface area contributed by atoms with Crippen molar-refractivity contribution in [1.29, 1.82) is 0 Å². The Kier molecular flexibility index (Phi) is 2.83. The Morgan fingerprint density at radius 1 is 1.19 bits per heavy atom. The Hall–Kier alpha value is -1.94. The highest BCUT2D eigenvalue weighted by molar-refractivity contribution is 6.33. The fourth-order valence-electron chi connectivity index (χ4n) is 1.37. The lowest BCUT2D eigenvalue weighted by Gasteiger charge is -2.02. The van der Waals surface area contributed by atoms with E-state index in [0.29, 0.717) is 5.02 Å². The van der Waals surface area contributed by atoms with Gasteiger partial charge in [-0.1, -0.05) is 11.6 Å². The van der Waals surface area contributed by atoms with E-state index in [1.807, 2.05) is 0 Å². The molecule has 1 heterocycles. The lowest BCUT2D eigenvalue weighted by molar-refractivity contribution is -0.384. The Labute approximate surface area is 96.7 Å². The number of pyridine rings is 1. The number of nitrogens with zero attached hydrogens (tertiary/aromatic N) is 2. The third-order valence-electron chi connectivity index (χ3n) is 2.16. The highest BCUT2D eigenvalue weighted by Gasteiger charge is 2.07. The molecule has 0 atom stereocenters. The molecule has 0 fully saturated rings. The van der Waals surface area contributed by atoms with Gasteiger partial charge >= 0.3 is 0 Å². The molecular weight excluding hydrogens is 228 g/mol. The number of nitro groups is 1. The van der Waals surface area contributed by atoms with E-state index in [-0.39, 0.29) is 5.69 Å². The maximum absolute atomic E-state index is 10.5. The van der Waals surface area contributed by atoms with Crippen LogP contribution in [-0.4, -0.2) is 9.91 Å². The zero-order chi connectivity index (χ0) is 11.5. The summed E-state index contributed by atoms with van der Waals surface area (Å²) >= 11 is 5.96. The summed E-state index contributed by atoms with van der Waals surface area (Å²) < 4.78 is 0. The van der Waals surface area contributed by atoms with E-state index in [1.54, 1.807) is 24.4 Å². The van der Waals surface area contributed by atoms with Crippen molar-refractivity contribution in [2.24, 2.45) is 0 Å². The third kappa shape index (κ3) is 2.01. The standard InChI is InChI=1S/C11H7ClN2O2/c12-11-7-13-6-5-10(11)8-1-3-9(4-2-8)14(15)16/h1-7H. The number of rotatable bonds is 2. The van der Waals surface area contributed by atoms with E-state index in [2.05, 4.69) is 4.98 Å². The highest BCUT2D eigenvalue weighted by atomic mass is 35.5. The molecule has 0 spiro atoms. The Bertz CT molecular complexity index is 526. The summed E-state index contributed by atoms with van der Waals surface area (Å²) in [7, 11) is 0. The summed E-state index contributed by atoms with van der Waals surface area (Å²) in [5.41, 5.74) is 1.71. The van der Waals surface area contributed by atoms with E-state index >= 15 is 0 Å². The molecule has 4 nitrogen and oxygen atoms in total. The predicted octanol–water partition coefficient (Wildman–Crippen LogP) is 3.31. The van der Waals surface area contributed by atoms with Gasteiger partial charge in [-0.05, 0) is 23.8 Å². The van der Waals surface area contributed by atoms with Crippen LogP contribution >= 0.6 is 11.6 Å². The topological polar surface area (TPSA) is 56.0 Å². The quantitative estimate of drug-likeness (QED) is 0.592. The highest BCUT2D eigenvalue weighted by Crippen LogP contribution is 2.27. The van der Waals surface area contributed by atoms with Crippen LogP contribution in [0.4, 0.5) is 5.69 Å². The largest absolute Gasteiger partial charge is 0.269 e. The number of hydrogen-bond donors (Lipinski definition) is 0. The van der Waals surface area contributed by atoms with Crippen molar-refractivity contribution in [2.45, 2.75) is 0 Å². The average Bonchev–Trinajstić information content (AvgIpc) is 2.30. The summed E-state index contributed by atoms with van der Waals surface area (Å²) in [4.78, 5) is 13.9. The summed E-state index contributed by atoms with van der Waals surface area (Å²) in [6, 6.07) is 8.00. The van der Waals surface area contributed by atoms with Gasteiger partial charge in [-0.3, -0.25) is 15.1 Å². The molecule has 2 rings (SSSR count). The molecule has 2 aromatic rings. The molecule has 0 aliphatic heterocycles. The van der Waals surface area contributed by atoms with Crippen molar-refractivity contribution in [3.05, 3.63) is 57.9 Å². The number of aromatic nitrogens is 1. The van der Waals surface area contributed by atoms with Crippen LogP contribution in [0.5, 0.6) is 0 Å². The molecule has 0 radical (unpaired) electrons. The van der Waals surface area contributed by atoms with Gasteiger partial charge in [0.2, 0.25) is 0 Å². The number of hydrogen-bond acceptors (Lipinski definition) is 3. The van der Waals surface area contributed by atoms with Crippen molar-refractivity contribution >= 4 is 17.3 Å². The maximum Gasteiger partial charge on any atom is 0.269 e. The Balaban J connectivity index is 2.43. The first kappa shape index (κ1) is 10.6. The van der Waals surface area contributed by atoms with E-state index in [0.717, 1.165) is 11.1 Å². The molecule has 1 aromatic carbocycles. The second kappa shape index (κ2) is 4.28. The molecule has 0 aliphatic rings. The fourth-order valence-corrected chi connectivity index (χ4v) is 1.60. The van der Waals surface area contributed by atoms with Gasteiger partial charge in [0.05, 0.1) is 9.95 Å². The molecule has 0 bridgehead atoms. The van der Waals surface area contributed by atoms with Gasteiger partial charge in [0, 0.05) is 30.1 Å². The smallest absolute Gasteiger partial charge is 0.263 e. The minimum atomic E-state index is -0.433. The number of benzene rings is 1. The average molecular weight is 235 g/mol. The summed E-state index contributed by atoms with van der Waals surface area (Å²) in [6.07, 6.45) is 3.17. The number of nitro benzene ring substituents is 1.